The van der Waals surface area contributed by atoms with E-state index in [0.717, 1.165) is 30.0 Å². The van der Waals surface area contributed by atoms with Gasteiger partial charge in [-0.25, -0.2) is 4.98 Å². The number of hydrogen-bond acceptors (Lipinski definition) is 3. The number of pyridine rings is 1. The van der Waals surface area contributed by atoms with Crippen molar-refractivity contribution in [3.63, 3.8) is 0 Å². The lowest BCUT2D eigenvalue weighted by molar-refractivity contribution is -0.141. The lowest BCUT2D eigenvalue weighted by Crippen LogP contribution is -2.10. The highest BCUT2D eigenvalue weighted by molar-refractivity contribution is 9.10. The van der Waals surface area contributed by atoms with Crippen LogP contribution in [-0.2, 0) is 13.2 Å². The van der Waals surface area contributed by atoms with E-state index < -0.39 is 11.9 Å². The molecule has 3 rings (SSSR count). The summed E-state index contributed by atoms with van der Waals surface area (Å²) < 4.78 is 46.8. The molecule has 3 aromatic rings. The number of rotatable bonds is 5. The Labute approximate surface area is 180 Å². The average Bonchev–Trinajstić information content (AvgIpc) is 2.97. The fourth-order valence-electron chi connectivity index (χ4n) is 3.43. The molecule has 0 radical (unpaired) electrons. The van der Waals surface area contributed by atoms with Crippen LogP contribution < -0.4 is 4.74 Å². The van der Waals surface area contributed by atoms with Crippen molar-refractivity contribution in [2.75, 3.05) is 0 Å². The number of alkyl halides is 3. The number of ether oxygens (including phenoxy) is 1. The van der Waals surface area contributed by atoms with Crippen LogP contribution in [0.4, 0.5) is 13.2 Å². The largest absolute Gasteiger partial charge is 0.433 e. The second-order valence-electron chi connectivity index (χ2n) is 6.80. The molecule has 0 aliphatic rings. The van der Waals surface area contributed by atoms with Gasteiger partial charge in [0.2, 0.25) is 0 Å². The maximum absolute atomic E-state index is 13.0. The van der Waals surface area contributed by atoms with Gasteiger partial charge in [-0.15, -0.1) is 0 Å². The van der Waals surface area contributed by atoms with Crippen molar-refractivity contribution >= 4 is 38.6 Å². The maximum atomic E-state index is 13.0. The molecule has 9 heteroatoms. The quantitative estimate of drug-likeness (QED) is 0.374. The Morgan fingerprint density at radius 2 is 1.86 bits per heavy atom. The van der Waals surface area contributed by atoms with Gasteiger partial charge in [0.05, 0.1) is 20.7 Å². The number of aryl methyl sites for hydroxylation is 2. The molecule has 0 aliphatic carbocycles. The van der Waals surface area contributed by atoms with Gasteiger partial charge in [0.1, 0.15) is 11.2 Å². The summed E-state index contributed by atoms with van der Waals surface area (Å²) in [5.41, 5.74) is 1.68. The summed E-state index contributed by atoms with van der Waals surface area (Å²) in [5, 5.41) is 0.487. The van der Waals surface area contributed by atoms with E-state index in [4.69, 9.17) is 16.3 Å². The molecule has 0 aliphatic heterocycles. The van der Waals surface area contributed by atoms with Gasteiger partial charge in [-0.1, -0.05) is 31.5 Å². The molecule has 2 aromatic heterocycles. The first kappa shape index (κ1) is 21.9. The minimum absolute atomic E-state index is 0.102. The summed E-state index contributed by atoms with van der Waals surface area (Å²) in [6.45, 7) is 5.70. The number of aromatic nitrogens is 3. The summed E-state index contributed by atoms with van der Waals surface area (Å²) in [5.74, 6) is 0.510. The van der Waals surface area contributed by atoms with Crippen LogP contribution >= 0.6 is 27.5 Å². The second kappa shape index (κ2) is 8.14. The fourth-order valence-corrected chi connectivity index (χ4v) is 4.21. The predicted octanol–water partition coefficient (Wildman–Crippen LogP) is 7.41. The van der Waals surface area contributed by atoms with Crippen molar-refractivity contribution in [1.29, 1.82) is 0 Å². The van der Waals surface area contributed by atoms with E-state index in [2.05, 4.69) is 39.7 Å². The summed E-state index contributed by atoms with van der Waals surface area (Å²) in [6.07, 6.45) is -2.62. The van der Waals surface area contributed by atoms with Crippen molar-refractivity contribution < 1.29 is 17.9 Å². The molecule has 0 saturated heterocycles. The minimum Gasteiger partial charge on any atom is -0.422 e. The molecule has 4 nitrogen and oxygen atoms in total. The van der Waals surface area contributed by atoms with Gasteiger partial charge in [-0.3, -0.25) is 4.57 Å². The first-order valence-corrected chi connectivity index (χ1v) is 10.3. The predicted molar refractivity (Wildman–Crippen MR) is 111 cm³/mol. The topological polar surface area (TPSA) is 39.9 Å². The molecule has 1 aromatic carbocycles. The average molecular weight is 491 g/mol. The summed E-state index contributed by atoms with van der Waals surface area (Å²) >= 11 is 9.53. The van der Waals surface area contributed by atoms with Gasteiger partial charge in [0.25, 0.3) is 0 Å². The minimum atomic E-state index is -4.54. The van der Waals surface area contributed by atoms with Crippen LogP contribution in [0.15, 0.2) is 22.7 Å². The van der Waals surface area contributed by atoms with Crippen LogP contribution in [0, 0.1) is 6.92 Å². The zero-order valence-electron chi connectivity index (χ0n) is 16.4. The molecule has 0 unspecified atom stereocenters. The Morgan fingerprint density at radius 3 is 2.41 bits per heavy atom. The standard InChI is InChI=1S/C20H20BrClF3N3O/c1-5-11(6-2)12-7-8-14(22)16-17(12)28(4)19(27-16)29-18-10(3)26-15(9-13(18)21)20(23,24)25/h7-9,11H,5-6H2,1-4H3. The van der Waals surface area contributed by atoms with Crippen molar-refractivity contribution in [2.24, 2.45) is 7.05 Å². The third-order valence-corrected chi connectivity index (χ3v) is 5.86. The molecule has 2 heterocycles. The number of hydrogen-bond donors (Lipinski definition) is 0. The molecule has 0 atom stereocenters. The Hall–Kier alpha value is -1.80. The lowest BCUT2D eigenvalue weighted by Gasteiger charge is -2.16. The van der Waals surface area contributed by atoms with Crippen LogP contribution in [-0.4, -0.2) is 14.5 Å². The Morgan fingerprint density at radius 1 is 1.21 bits per heavy atom. The molecule has 0 saturated carbocycles. The highest BCUT2D eigenvalue weighted by Crippen LogP contribution is 2.40. The third kappa shape index (κ3) is 4.10. The highest BCUT2D eigenvalue weighted by atomic mass is 79.9. The van der Waals surface area contributed by atoms with Crippen LogP contribution in [0.3, 0.4) is 0 Å². The molecule has 0 fully saturated rings. The van der Waals surface area contributed by atoms with E-state index in [0.29, 0.717) is 16.5 Å². The van der Waals surface area contributed by atoms with Gasteiger partial charge < -0.3 is 4.74 Å². The zero-order chi connectivity index (χ0) is 21.5. The van der Waals surface area contributed by atoms with Crippen molar-refractivity contribution in [2.45, 2.75) is 45.7 Å². The fraction of sp³-hybridized carbons (Fsp3) is 0.400. The second-order valence-corrected chi connectivity index (χ2v) is 8.07. The molecule has 0 amide bonds. The third-order valence-electron chi connectivity index (χ3n) is 4.97. The van der Waals surface area contributed by atoms with E-state index in [1.165, 1.54) is 6.92 Å². The van der Waals surface area contributed by atoms with Gasteiger partial charge in [-0.2, -0.15) is 18.2 Å². The van der Waals surface area contributed by atoms with E-state index >= 15 is 0 Å². The van der Waals surface area contributed by atoms with E-state index in [-0.39, 0.29) is 21.9 Å². The number of fused-ring (bicyclic) bond motifs is 1. The van der Waals surface area contributed by atoms with Crippen LogP contribution in [0.5, 0.6) is 11.8 Å². The molecule has 0 N–H and O–H groups in total. The van der Waals surface area contributed by atoms with E-state index in [1.807, 2.05) is 12.1 Å². The van der Waals surface area contributed by atoms with Crippen molar-refractivity contribution in [1.82, 2.24) is 14.5 Å². The van der Waals surface area contributed by atoms with Crippen LogP contribution in [0.1, 0.15) is 49.6 Å². The highest BCUT2D eigenvalue weighted by Gasteiger charge is 2.34. The molecule has 0 bridgehead atoms. The molecular weight excluding hydrogens is 471 g/mol. The maximum Gasteiger partial charge on any atom is 0.433 e. The first-order chi connectivity index (χ1) is 13.6. The Balaban J connectivity index is 2.12. The Kier molecular flexibility index (Phi) is 6.15. The van der Waals surface area contributed by atoms with Crippen molar-refractivity contribution in [3.8, 4) is 11.8 Å². The van der Waals surface area contributed by atoms with Gasteiger partial charge in [-0.05, 0) is 59.3 Å². The van der Waals surface area contributed by atoms with Crippen molar-refractivity contribution in [3.05, 3.63) is 44.6 Å². The first-order valence-electron chi connectivity index (χ1n) is 9.15. The molecule has 29 heavy (non-hydrogen) atoms. The summed E-state index contributed by atoms with van der Waals surface area (Å²) in [4.78, 5) is 8.14. The summed E-state index contributed by atoms with van der Waals surface area (Å²) in [7, 11) is 1.80. The lowest BCUT2D eigenvalue weighted by atomic mass is 9.93. The van der Waals surface area contributed by atoms with E-state index in [1.54, 1.807) is 11.6 Å². The molecular formula is C20H20BrClF3N3O. The van der Waals surface area contributed by atoms with Crippen LogP contribution in [0.25, 0.3) is 11.0 Å². The normalized spacial score (nSPS) is 12.2. The number of imidazole rings is 1. The SMILES string of the molecule is CCC(CC)c1ccc(Cl)c2nc(Oc3c(Br)cc(C(F)(F)F)nc3C)n(C)c12. The van der Waals surface area contributed by atoms with Gasteiger partial charge in [0, 0.05) is 7.05 Å². The number of halogens is 5. The molecule has 0 spiro atoms. The monoisotopic (exact) mass is 489 g/mol. The van der Waals surface area contributed by atoms with E-state index in [9.17, 15) is 13.2 Å². The summed E-state index contributed by atoms with van der Waals surface area (Å²) in [6, 6.07) is 4.93. The Bertz CT molecular complexity index is 1040. The zero-order valence-corrected chi connectivity index (χ0v) is 18.7. The smallest absolute Gasteiger partial charge is 0.422 e. The molecule has 156 valence electrons. The van der Waals surface area contributed by atoms with Crippen LogP contribution in [0.2, 0.25) is 5.02 Å². The number of benzene rings is 1. The van der Waals surface area contributed by atoms with Gasteiger partial charge >= 0.3 is 12.2 Å². The van der Waals surface area contributed by atoms with Gasteiger partial charge in [0.15, 0.2) is 5.75 Å². The number of nitrogens with zero attached hydrogens (tertiary/aromatic N) is 3.